The van der Waals surface area contributed by atoms with Crippen LogP contribution in [0.2, 0.25) is 5.15 Å². The molecule has 0 amide bonds. The summed E-state index contributed by atoms with van der Waals surface area (Å²) < 4.78 is 10.7. The Morgan fingerprint density at radius 1 is 1.29 bits per heavy atom. The maximum absolute atomic E-state index is 11.0. The van der Waals surface area contributed by atoms with Gasteiger partial charge in [0, 0.05) is 11.6 Å². The molecule has 1 heterocycles. The second kappa shape index (κ2) is 6.41. The van der Waals surface area contributed by atoms with Gasteiger partial charge in [-0.3, -0.25) is 0 Å². The Morgan fingerprint density at radius 3 is 2.67 bits per heavy atom. The summed E-state index contributed by atoms with van der Waals surface area (Å²) in [5, 5.41) is 9.07. The molecule has 21 heavy (non-hydrogen) atoms. The van der Waals surface area contributed by atoms with Gasteiger partial charge in [-0.25, -0.2) is 14.8 Å². The molecule has 0 spiro atoms. The molecule has 0 aliphatic carbocycles. The van der Waals surface area contributed by atoms with Gasteiger partial charge in [0.15, 0.2) is 23.0 Å². The van der Waals surface area contributed by atoms with E-state index in [-0.39, 0.29) is 16.7 Å². The van der Waals surface area contributed by atoms with Crippen LogP contribution in [0.5, 0.6) is 11.5 Å². The van der Waals surface area contributed by atoms with Gasteiger partial charge >= 0.3 is 5.97 Å². The van der Waals surface area contributed by atoms with Gasteiger partial charge in [0.2, 0.25) is 0 Å². The third-order valence-electron chi connectivity index (χ3n) is 2.64. The van der Waals surface area contributed by atoms with Crippen molar-refractivity contribution >= 4 is 17.6 Å². The van der Waals surface area contributed by atoms with Crippen LogP contribution in [0.1, 0.15) is 17.4 Å². The number of aromatic carboxylic acids is 1. The minimum atomic E-state index is -1.17. The van der Waals surface area contributed by atoms with Gasteiger partial charge in [-0.2, -0.15) is 0 Å². The lowest BCUT2D eigenvalue weighted by Crippen LogP contribution is -2.03. The molecule has 1 N–H and O–H groups in total. The normalized spacial score (nSPS) is 10.2. The van der Waals surface area contributed by atoms with Crippen LogP contribution in [-0.2, 0) is 0 Å². The third-order valence-corrected chi connectivity index (χ3v) is 2.83. The van der Waals surface area contributed by atoms with E-state index in [9.17, 15) is 4.79 Å². The van der Waals surface area contributed by atoms with E-state index in [4.69, 9.17) is 26.2 Å². The summed E-state index contributed by atoms with van der Waals surface area (Å²) in [5.74, 6) is 0.140. The van der Waals surface area contributed by atoms with Crippen molar-refractivity contribution < 1.29 is 19.4 Å². The van der Waals surface area contributed by atoms with E-state index in [2.05, 4.69) is 9.97 Å². The Labute approximate surface area is 126 Å². The zero-order chi connectivity index (χ0) is 15.4. The molecule has 2 aromatic rings. The zero-order valence-electron chi connectivity index (χ0n) is 11.5. The second-order valence-corrected chi connectivity index (χ2v) is 4.39. The lowest BCUT2D eigenvalue weighted by Gasteiger charge is -2.10. The van der Waals surface area contributed by atoms with Crippen LogP contribution in [-0.4, -0.2) is 34.8 Å². The highest BCUT2D eigenvalue weighted by atomic mass is 35.5. The number of carboxylic acid groups (broad SMARTS) is 1. The Balaban J connectivity index is 2.51. The topological polar surface area (TPSA) is 81.5 Å². The van der Waals surface area contributed by atoms with Crippen molar-refractivity contribution in [3.05, 3.63) is 35.1 Å². The fraction of sp³-hybridized carbons (Fsp3) is 0.214. The number of carboxylic acids is 1. The number of benzene rings is 1. The van der Waals surface area contributed by atoms with Crippen LogP contribution < -0.4 is 9.47 Å². The molecule has 0 bridgehead atoms. The summed E-state index contributed by atoms with van der Waals surface area (Å²) >= 11 is 5.83. The van der Waals surface area contributed by atoms with Gasteiger partial charge in [0.05, 0.1) is 13.7 Å². The molecule has 110 valence electrons. The molecule has 2 rings (SSSR count). The number of nitrogens with zero attached hydrogens (tertiary/aromatic N) is 2. The van der Waals surface area contributed by atoms with E-state index in [1.54, 1.807) is 18.2 Å². The standard InChI is InChI=1S/C14H13ClN2O4/c1-3-21-11-6-8(4-5-10(11)20-2)13-16-9(14(18)19)7-12(15)17-13/h4-7H,3H2,1-2H3,(H,18,19). The van der Waals surface area contributed by atoms with E-state index in [1.165, 1.54) is 13.2 Å². The first-order valence-corrected chi connectivity index (χ1v) is 6.52. The highest BCUT2D eigenvalue weighted by Crippen LogP contribution is 2.31. The largest absolute Gasteiger partial charge is 0.493 e. The molecular formula is C14H13ClN2O4. The molecule has 0 atom stereocenters. The number of halogens is 1. The SMILES string of the molecule is CCOc1cc(-c2nc(Cl)cc(C(=O)O)n2)ccc1OC. The van der Waals surface area contributed by atoms with Crippen molar-refractivity contribution in [3.63, 3.8) is 0 Å². The summed E-state index contributed by atoms with van der Waals surface area (Å²) in [6.07, 6.45) is 0. The molecule has 6 nitrogen and oxygen atoms in total. The zero-order valence-corrected chi connectivity index (χ0v) is 12.2. The van der Waals surface area contributed by atoms with Gasteiger partial charge < -0.3 is 14.6 Å². The Bertz CT molecular complexity index is 676. The Kier molecular flexibility index (Phi) is 4.59. The van der Waals surface area contributed by atoms with Crippen molar-refractivity contribution in [1.82, 2.24) is 9.97 Å². The van der Waals surface area contributed by atoms with Crippen molar-refractivity contribution in [2.75, 3.05) is 13.7 Å². The van der Waals surface area contributed by atoms with Crippen molar-refractivity contribution in [1.29, 1.82) is 0 Å². The molecule has 7 heteroatoms. The first kappa shape index (κ1) is 15.1. The average molecular weight is 309 g/mol. The molecule has 0 saturated carbocycles. The molecular weight excluding hydrogens is 296 g/mol. The monoisotopic (exact) mass is 308 g/mol. The molecule has 1 aromatic carbocycles. The lowest BCUT2D eigenvalue weighted by atomic mass is 10.2. The minimum absolute atomic E-state index is 0.0613. The summed E-state index contributed by atoms with van der Waals surface area (Å²) in [5.41, 5.74) is 0.419. The predicted molar refractivity (Wildman–Crippen MR) is 77.2 cm³/mol. The Morgan fingerprint density at radius 2 is 2.05 bits per heavy atom. The summed E-state index contributed by atoms with van der Waals surface area (Å²) in [6.45, 7) is 2.32. The van der Waals surface area contributed by atoms with Gasteiger partial charge in [-0.1, -0.05) is 11.6 Å². The van der Waals surface area contributed by atoms with Crippen LogP contribution in [0.25, 0.3) is 11.4 Å². The van der Waals surface area contributed by atoms with Gasteiger partial charge in [0.25, 0.3) is 0 Å². The molecule has 0 unspecified atom stereocenters. The number of methoxy groups -OCH3 is 1. The maximum Gasteiger partial charge on any atom is 0.354 e. The number of ether oxygens (including phenoxy) is 2. The van der Waals surface area contributed by atoms with Gasteiger partial charge in [-0.05, 0) is 25.1 Å². The van der Waals surface area contributed by atoms with Gasteiger partial charge in [0.1, 0.15) is 5.15 Å². The van der Waals surface area contributed by atoms with Gasteiger partial charge in [-0.15, -0.1) is 0 Å². The highest BCUT2D eigenvalue weighted by molar-refractivity contribution is 6.29. The van der Waals surface area contributed by atoms with E-state index in [0.29, 0.717) is 23.7 Å². The third kappa shape index (κ3) is 3.41. The van der Waals surface area contributed by atoms with E-state index >= 15 is 0 Å². The number of hydrogen-bond donors (Lipinski definition) is 1. The fourth-order valence-electron chi connectivity index (χ4n) is 1.74. The van der Waals surface area contributed by atoms with Crippen LogP contribution in [0, 0.1) is 0 Å². The lowest BCUT2D eigenvalue weighted by molar-refractivity contribution is 0.0690. The first-order valence-electron chi connectivity index (χ1n) is 6.14. The van der Waals surface area contributed by atoms with Crippen LogP contribution in [0.3, 0.4) is 0 Å². The summed E-state index contributed by atoms with van der Waals surface area (Å²) in [6, 6.07) is 6.28. The molecule has 0 radical (unpaired) electrons. The molecule has 0 fully saturated rings. The fourth-order valence-corrected chi connectivity index (χ4v) is 1.92. The van der Waals surface area contributed by atoms with Crippen LogP contribution in [0.15, 0.2) is 24.3 Å². The first-order chi connectivity index (χ1) is 10.0. The minimum Gasteiger partial charge on any atom is -0.493 e. The van der Waals surface area contributed by atoms with Crippen LogP contribution in [0.4, 0.5) is 0 Å². The van der Waals surface area contributed by atoms with Crippen molar-refractivity contribution in [2.24, 2.45) is 0 Å². The maximum atomic E-state index is 11.0. The van der Waals surface area contributed by atoms with E-state index in [0.717, 1.165) is 0 Å². The quantitative estimate of drug-likeness (QED) is 0.855. The van der Waals surface area contributed by atoms with Crippen LogP contribution >= 0.6 is 11.6 Å². The molecule has 0 aliphatic heterocycles. The number of aromatic nitrogens is 2. The van der Waals surface area contributed by atoms with Crippen molar-refractivity contribution in [3.8, 4) is 22.9 Å². The smallest absolute Gasteiger partial charge is 0.354 e. The second-order valence-electron chi connectivity index (χ2n) is 4.00. The summed E-state index contributed by atoms with van der Waals surface area (Å²) in [7, 11) is 1.54. The number of rotatable bonds is 5. The predicted octanol–water partition coefficient (Wildman–Crippen LogP) is 2.90. The Hall–Kier alpha value is -2.34. The average Bonchev–Trinajstić information content (AvgIpc) is 2.47. The number of hydrogen-bond acceptors (Lipinski definition) is 5. The molecule has 0 aliphatic rings. The van der Waals surface area contributed by atoms with E-state index < -0.39 is 5.97 Å². The molecule has 0 saturated heterocycles. The molecule has 1 aromatic heterocycles. The highest BCUT2D eigenvalue weighted by Gasteiger charge is 2.13. The number of carbonyl (C=O) groups is 1. The van der Waals surface area contributed by atoms with E-state index in [1.807, 2.05) is 6.92 Å². The van der Waals surface area contributed by atoms with Crippen molar-refractivity contribution in [2.45, 2.75) is 6.92 Å². The summed E-state index contributed by atoms with van der Waals surface area (Å²) in [4.78, 5) is 19.0.